The molecule has 3 rings (SSSR count). The van der Waals surface area contributed by atoms with Crippen molar-refractivity contribution < 1.29 is 17.9 Å². The largest absolute Gasteiger partial charge is 0.494 e. The third kappa shape index (κ3) is 3.52. The summed E-state index contributed by atoms with van der Waals surface area (Å²) >= 11 is 0. The smallest absolute Gasteiger partial charge is 0.282 e. The van der Waals surface area contributed by atoms with E-state index in [9.17, 15) is 8.42 Å². The molecule has 1 atom stereocenters. The molecule has 23 heavy (non-hydrogen) atoms. The third-order valence-electron chi connectivity index (χ3n) is 4.37. The molecule has 6 nitrogen and oxygen atoms in total. The molecular formula is C16H24N2O4S. The predicted octanol–water partition coefficient (Wildman–Crippen LogP) is 1.80. The molecule has 1 aromatic rings. The third-order valence-corrected chi connectivity index (χ3v) is 6.42. The fourth-order valence-electron chi connectivity index (χ4n) is 3.23. The highest BCUT2D eigenvalue weighted by Crippen LogP contribution is 2.36. The van der Waals surface area contributed by atoms with Crippen LogP contribution in [0.25, 0.3) is 0 Å². The number of hydrogen-bond donors (Lipinski definition) is 0. The topological polar surface area (TPSA) is 59.1 Å². The summed E-state index contributed by atoms with van der Waals surface area (Å²) in [6, 6.07) is 7.69. The molecule has 0 saturated carbocycles. The Balaban J connectivity index is 1.79. The summed E-state index contributed by atoms with van der Waals surface area (Å²) in [7, 11) is -3.42. The summed E-state index contributed by atoms with van der Waals surface area (Å²) in [5, 5.41) is 0. The van der Waals surface area contributed by atoms with Crippen LogP contribution in [-0.4, -0.2) is 56.5 Å². The molecule has 2 saturated heterocycles. The van der Waals surface area contributed by atoms with Gasteiger partial charge in [0.05, 0.1) is 25.9 Å². The second-order valence-electron chi connectivity index (χ2n) is 5.79. The Kier molecular flexibility index (Phi) is 5.21. The van der Waals surface area contributed by atoms with Crippen LogP contribution in [0, 0.1) is 0 Å². The van der Waals surface area contributed by atoms with Gasteiger partial charge in [0.15, 0.2) is 0 Å². The zero-order chi connectivity index (χ0) is 16.3. The molecule has 2 aliphatic heterocycles. The Bertz CT molecular complexity index is 611. The van der Waals surface area contributed by atoms with E-state index < -0.39 is 10.2 Å². The lowest BCUT2D eigenvalue weighted by Crippen LogP contribution is -2.48. The molecule has 0 bridgehead atoms. The summed E-state index contributed by atoms with van der Waals surface area (Å²) < 4.78 is 39.7. The fraction of sp³-hybridized carbons (Fsp3) is 0.625. The molecule has 0 unspecified atom stereocenters. The Morgan fingerprint density at radius 2 is 1.87 bits per heavy atom. The maximum atomic E-state index is 12.9. The lowest BCUT2D eigenvalue weighted by Gasteiger charge is -2.33. The van der Waals surface area contributed by atoms with Gasteiger partial charge in [0.2, 0.25) is 0 Å². The fourth-order valence-corrected chi connectivity index (χ4v) is 5.04. The number of morpholine rings is 1. The van der Waals surface area contributed by atoms with Crippen molar-refractivity contribution in [1.82, 2.24) is 8.61 Å². The van der Waals surface area contributed by atoms with Crippen LogP contribution >= 0.6 is 0 Å². The Hall–Kier alpha value is -1.15. The van der Waals surface area contributed by atoms with Crippen molar-refractivity contribution in [2.24, 2.45) is 0 Å². The number of hydrogen-bond acceptors (Lipinski definition) is 4. The molecule has 0 N–H and O–H groups in total. The molecule has 0 amide bonds. The van der Waals surface area contributed by atoms with Crippen LogP contribution in [0.2, 0.25) is 0 Å². The highest BCUT2D eigenvalue weighted by atomic mass is 32.2. The van der Waals surface area contributed by atoms with Gasteiger partial charge in [-0.3, -0.25) is 0 Å². The van der Waals surface area contributed by atoms with E-state index in [1.54, 1.807) is 8.61 Å². The van der Waals surface area contributed by atoms with Crippen molar-refractivity contribution in [1.29, 1.82) is 0 Å². The normalized spacial score (nSPS) is 24.0. The number of ether oxygens (including phenoxy) is 2. The maximum absolute atomic E-state index is 12.9. The molecule has 2 aliphatic rings. The molecule has 1 aromatic carbocycles. The zero-order valence-electron chi connectivity index (χ0n) is 13.5. The molecule has 0 radical (unpaired) electrons. The summed E-state index contributed by atoms with van der Waals surface area (Å²) in [6.45, 7) is 4.98. The van der Waals surface area contributed by atoms with Gasteiger partial charge in [-0.05, 0) is 37.5 Å². The summed E-state index contributed by atoms with van der Waals surface area (Å²) in [6.07, 6.45) is 1.75. The first kappa shape index (κ1) is 16.7. The van der Waals surface area contributed by atoms with Gasteiger partial charge in [-0.25, -0.2) is 0 Å². The van der Waals surface area contributed by atoms with E-state index in [0.717, 1.165) is 24.2 Å². The van der Waals surface area contributed by atoms with Crippen molar-refractivity contribution >= 4 is 10.2 Å². The van der Waals surface area contributed by atoms with E-state index in [1.165, 1.54) is 0 Å². The van der Waals surface area contributed by atoms with Gasteiger partial charge < -0.3 is 9.47 Å². The lowest BCUT2D eigenvalue weighted by molar-refractivity contribution is 0.0699. The monoisotopic (exact) mass is 340 g/mol. The number of nitrogens with zero attached hydrogens (tertiary/aromatic N) is 2. The molecule has 0 aromatic heterocycles. The average Bonchev–Trinajstić information content (AvgIpc) is 3.07. The van der Waals surface area contributed by atoms with Gasteiger partial charge in [0.25, 0.3) is 10.2 Å². The quantitative estimate of drug-likeness (QED) is 0.820. The van der Waals surface area contributed by atoms with Crippen molar-refractivity contribution in [3.05, 3.63) is 29.8 Å². The summed E-state index contributed by atoms with van der Waals surface area (Å²) in [5.74, 6) is 0.817. The molecule has 0 spiro atoms. The minimum atomic E-state index is -3.42. The molecule has 128 valence electrons. The summed E-state index contributed by atoms with van der Waals surface area (Å²) in [5.41, 5.74) is 1.03. The summed E-state index contributed by atoms with van der Waals surface area (Å²) in [4.78, 5) is 0. The second kappa shape index (κ2) is 7.17. The van der Waals surface area contributed by atoms with E-state index in [1.807, 2.05) is 31.2 Å². The molecule has 0 aliphatic carbocycles. The van der Waals surface area contributed by atoms with Crippen LogP contribution in [0.15, 0.2) is 24.3 Å². The van der Waals surface area contributed by atoms with Crippen LogP contribution in [0.3, 0.4) is 0 Å². The van der Waals surface area contributed by atoms with Gasteiger partial charge in [-0.15, -0.1) is 0 Å². The number of benzene rings is 1. The standard InChI is InChI=1S/C16H24N2O4S/c1-2-22-15-7-5-14(6-8-15)16-4-3-9-18(16)23(19,20)17-10-12-21-13-11-17/h5-8,16H,2-4,9-13H2,1H3/t16-/m1/s1. The van der Waals surface area contributed by atoms with E-state index in [-0.39, 0.29) is 6.04 Å². The van der Waals surface area contributed by atoms with E-state index in [2.05, 4.69) is 0 Å². The number of rotatable bonds is 5. The van der Waals surface area contributed by atoms with Crippen LogP contribution in [0.1, 0.15) is 31.4 Å². The van der Waals surface area contributed by atoms with E-state index in [0.29, 0.717) is 39.5 Å². The van der Waals surface area contributed by atoms with Crippen LogP contribution in [0.5, 0.6) is 5.75 Å². The van der Waals surface area contributed by atoms with Crippen molar-refractivity contribution in [3.63, 3.8) is 0 Å². The Labute approximate surface area is 138 Å². The van der Waals surface area contributed by atoms with Gasteiger partial charge in [0.1, 0.15) is 5.75 Å². The minimum Gasteiger partial charge on any atom is -0.494 e. The SMILES string of the molecule is CCOc1ccc([C@H]2CCCN2S(=O)(=O)N2CCOCC2)cc1. The Morgan fingerprint density at radius 3 is 2.52 bits per heavy atom. The Morgan fingerprint density at radius 1 is 1.17 bits per heavy atom. The lowest BCUT2D eigenvalue weighted by atomic mass is 10.1. The maximum Gasteiger partial charge on any atom is 0.282 e. The van der Waals surface area contributed by atoms with Crippen LogP contribution in [-0.2, 0) is 14.9 Å². The first-order valence-electron chi connectivity index (χ1n) is 8.20. The van der Waals surface area contributed by atoms with E-state index >= 15 is 0 Å². The second-order valence-corrected chi connectivity index (χ2v) is 7.67. The van der Waals surface area contributed by atoms with Gasteiger partial charge in [-0.1, -0.05) is 12.1 Å². The first-order valence-corrected chi connectivity index (χ1v) is 9.60. The van der Waals surface area contributed by atoms with Gasteiger partial charge in [-0.2, -0.15) is 17.0 Å². The highest BCUT2D eigenvalue weighted by molar-refractivity contribution is 7.86. The molecule has 2 heterocycles. The van der Waals surface area contributed by atoms with Crippen molar-refractivity contribution in [2.75, 3.05) is 39.5 Å². The van der Waals surface area contributed by atoms with E-state index in [4.69, 9.17) is 9.47 Å². The zero-order valence-corrected chi connectivity index (χ0v) is 14.3. The molecule has 2 fully saturated rings. The van der Waals surface area contributed by atoms with Crippen molar-refractivity contribution in [3.8, 4) is 5.75 Å². The van der Waals surface area contributed by atoms with Crippen LogP contribution < -0.4 is 4.74 Å². The van der Waals surface area contributed by atoms with Crippen LogP contribution in [0.4, 0.5) is 0 Å². The van der Waals surface area contributed by atoms with Crippen molar-refractivity contribution in [2.45, 2.75) is 25.8 Å². The highest BCUT2D eigenvalue weighted by Gasteiger charge is 2.39. The van der Waals surface area contributed by atoms with Gasteiger partial charge >= 0.3 is 0 Å². The minimum absolute atomic E-state index is 0.0847. The first-order chi connectivity index (χ1) is 11.1. The molecule has 7 heteroatoms. The average molecular weight is 340 g/mol. The van der Waals surface area contributed by atoms with Gasteiger partial charge in [0, 0.05) is 19.6 Å². The molecular weight excluding hydrogens is 316 g/mol. The predicted molar refractivity (Wildman–Crippen MR) is 87.6 cm³/mol.